The van der Waals surface area contributed by atoms with E-state index in [1.165, 1.54) is 0 Å². The van der Waals surface area contributed by atoms with E-state index in [0.29, 0.717) is 6.42 Å². The molecule has 0 saturated carbocycles. The maximum Gasteiger partial charge on any atom is 0.0816 e. The summed E-state index contributed by atoms with van der Waals surface area (Å²) in [6.07, 6.45) is 0.601. The largest absolute Gasteiger partial charge is 0.393 e. The molecule has 0 radical (unpaired) electrons. The third-order valence-corrected chi connectivity index (χ3v) is 2.80. The third-order valence-electron chi connectivity index (χ3n) is 2.80. The molecular formula is C13H20O2. The Kier molecular flexibility index (Phi) is 4.79. The predicted octanol–water partition coefficient (Wildman–Crippen LogP) is 2.52. The van der Waals surface area contributed by atoms with Gasteiger partial charge in [0.15, 0.2) is 0 Å². The first-order valence-corrected chi connectivity index (χ1v) is 5.56. The van der Waals surface area contributed by atoms with Crippen LogP contribution in [-0.4, -0.2) is 16.3 Å². The second kappa shape index (κ2) is 5.89. The molecule has 0 heterocycles. The lowest BCUT2D eigenvalue weighted by Gasteiger charge is -2.21. The molecule has 1 rings (SSSR count). The van der Waals surface area contributed by atoms with Crippen molar-refractivity contribution in [3.63, 3.8) is 0 Å². The van der Waals surface area contributed by atoms with Crippen molar-refractivity contribution >= 4 is 0 Å². The lowest BCUT2D eigenvalue weighted by atomic mass is 9.92. The van der Waals surface area contributed by atoms with Crippen molar-refractivity contribution in [1.29, 1.82) is 0 Å². The monoisotopic (exact) mass is 208 g/mol. The molecule has 3 unspecified atom stereocenters. The molecule has 0 saturated heterocycles. The predicted molar refractivity (Wildman–Crippen MR) is 61.5 cm³/mol. The summed E-state index contributed by atoms with van der Waals surface area (Å²) >= 11 is 0. The van der Waals surface area contributed by atoms with Gasteiger partial charge < -0.3 is 10.2 Å². The minimum Gasteiger partial charge on any atom is -0.393 e. The molecular weight excluding hydrogens is 188 g/mol. The molecule has 0 aliphatic heterocycles. The molecule has 3 atom stereocenters. The van der Waals surface area contributed by atoms with Crippen LogP contribution in [0.2, 0.25) is 0 Å². The van der Waals surface area contributed by atoms with Gasteiger partial charge in [-0.25, -0.2) is 0 Å². The Morgan fingerprint density at radius 3 is 2.27 bits per heavy atom. The maximum absolute atomic E-state index is 10.0. The van der Waals surface area contributed by atoms with E-state index >= 15 is 0 Å². The van der Waals surface area contributed by atoms with Crippen LogP contribution in [0.5, 0.6) is 0 Å². The molecule has 15 heavy (non-hydrogen) atoms. The summed E-state index contributed by atoms with van der Waals surface area (Å²) in [4.78, 5) is 0. The van der Waals surface area contributed by atoms with Crippen LogP contribution >= 0.6 is 0 Å². The standard InChI is InChI=1S/C13H20O2/c1-3-12(14)9-10(2)13(15)11-7-5-4-6-8-11/h4-8,10,12-15H,3,9H2,1-2H3. The average Bonchev–Trinajstić information content (AvgIpc) is 2.29. The molecule has 1 aromatic rings. The molecule has 2 nitrogen and oxygen atoms in total. The van der Waals surface area contributed by atoms with Gasteiger partial charge in [-0.05, 0) is 24.3 Å². The van der Waals surface area contributed by atoms with Gasteiger partial charge in [-0.2, -0.15) is 0 Å². The van der Waals surface area contributed by atoms with Crippen molar-refractivity contribution in [2.75, 3.05) is 0 Å². The van der Waals surface area contributed by atoms with Gasteiger partial charge in [0.2, 0.25) is 0 Å². The van der Waals surface area contributed by atoms with Crippen LogP contribution in [0.1, 0.15) is 38.4 Å². The van der Waals surface area contributed by atoms with Gasteiger partial charge in [-0.3, -0.25) is 0 Å². The van der Waals surface area contributed by atoms with Crippen LogP contribution in [0, 0.1) is 5.92 Å². The summed E-state index contributed by atoms with van der Waals surface area (Å²) in [5.74, 6) is 0.0855. The maximum atomic E-state index is 10.0. The summed E-state index contributed by atoms with van der Waals surface area (Å²) < 4.78 is 0. The van der Waals surface area contributed by atoms with Gasteiger partial charge in [-0.15, -0.1) is 0 Å². The van der Waals surface area contributed by atoms with Crippen molar-refractivity contribution in [3.05, 3.63) is 35.9 Å². The van der Waals surface area contributed by atoms with Crippen LogP contribution in [0.4, 0.5) is 0 Å². The SMILES string of the molecule is CCC(O)CC(C)C(O)c1ccccc1. The Bertz CT molecular complexity index is 271. The zero-order valence-electron chi connectivity index (χ0n) is 9.43. The summed E-state index contributed by atoms with van der Waals surface area (Å²) in [6, 6.07) is 9.60. The van der Waals surface area contributed by atoms with E-state index in [9.17, 15) is 10.2 Å². The Morgan fingerprint density at radius 1 is 1.13 bits per heavy atom. The molecule has 0 aliphatic rings. The quantitative estimate of drug-likeness (QED) is 0.780. The first-order valence-electron chi connectivity index (χ1n) is 5.56. The lowest BCUT2D eigenvalue weighted by molar-refractivity contribution is 0.0676. The highest BCUT2D eigenvalue weighted by Gasteiger charge is 2.18. The van der Waals surface area contributed by atoms with E-state index in [-0.39, 0.29) is 12.0 Å². The fraction of sp³-hybridized carbons (Fsp3) is 0.538. The highest BCUT2D eigenvalue weighted by atomic mass is 16.3. The van der Waals surface area contributed by atoms with Gasteiger partial charge in [0, 0.05) is 0 Å². The van der Waals surface area contributed by atoms with Crippen LogP contribution in [0.3, 0.4) is 0 Å². The Hall–Kier alpha value is -0.860. The first-order chi connectivity index (χ1) is 7.15. The van der Waals surface area contributed by atoms with E-state index in [0.717, 1.165) is 12.0 Å². The number of rotatable bonds is 5. The van der Waals surface area contributed by atoms with E-state index < -0.39 is 6.10 Å². The Morgan fingerprint density at radius 2 is 1.73 bits per heavy atom. The molecule has 2 heteroatoms. The van der Waals surface area contributed by atoms with E-state index in [4.69, 9.17) is 0 Å². The normalized spacial score (nSPS) is 17.1. The third kappa shape index (κ3) is 3.65. The van der Waals surface area contributed by atoms with Gasteiger partial charge in [0.25, 0.3) is 0 Å². The molecule has 0 aliphatic carbocycles. The average molecular weight is 208 g/mol. The molecule has 0 bridgehead atoms. The molecule has 84 valence electrons. The van der Waals surface area contributed by atoms with Crippen LogP contribution in [0.15, 0.2) is 30.3 Å². The zero-order valence-corrected chi connectivity index (χ0v) is 9.43. The number of hydrogen-bond donors (Lipinski definition) is 2. The van der Waals surface area contributed by atoms with Crippen molar-refractivity contribution < 1.29 is 10.2 Å². The second-order valence-electron chi connectivity index (χ2n) is 4.13. The fourth-order valence-corrected chi connectivity index (χ4v) is 1.70. The minimum atomic E-state index is -0.479. The van der Waals surface area contributed by atoms with Crippen molar-refractivity contribution in [2.45, 2.75) is 38.9 Å². The number of benzene rings is 1. The highest BCUT2D eigenvalue weighted by molar-refractivity contribution is 5.17. The summed E-state index contributed by atoms with van der Waals surface area (Å²) in [6.45, 7) is 3.92. The van der Waals surface area contributed by atoms with E-state index in [1.54, 1.807) is 0 Å². The summed E-state index contributed by atoms with van der Waals surface area (Å²) in [7, 11) is 0. The molecule has 0 fully saturated rings. The van der Waals surface area contributed by atoms with E-state index in [2.05, 4.69) is 0 Å². The first kappa shape index (κ1) is 12.2. The second-order valence-corrected chi connectivity index (χ2v) is 4.13. The van der Waals surface area contributed by atoms with Crippen molar-refractivity contribution in [1.82, 2.24) is 0 Å². The molecule has 1 aromatic carbocycles. The Balaban J connectivity index is 2.57. The topological polar surface area (TPSA) is 40.5 Å². The van der Waals surface area contributed by atoms with Gasteiger partial charge in [0.05, 0.1) is 12.2 Å². The lowest BCUT2D eigenvalue weighted by Crippen LogP contribution is -2.16. The van der Waals surface area contributed by atoms with Crippen molar-refractivity contribution in [3.8, 4) is 0 Å². The molecule has 0 aromatic heterocycles. The number of aliphatic hydroxyl groups is 2. The zero-order chi connectivity index (χ0) is 11.3. The van der Waals surface area contributed by atoms with Crippen LogP contribution < -0.4 is 0 Å². The van der Waals surface area contributed by atoms with Crippen LogP contribution in [0.25, 0.3) is 0 Å². The molecule has 0 amide bonds. The Labute approximate surface area is 91.6 Å². The van der Waals surface area contributed by atoms with E-state index in [1.807, 2.05) is 44.2 Å². The van der Waals surface area contributed by atoms with Gasteiger partial charge in [-0.1, -0.05) is 44.2 Å². The summed E-state index contributed by atoms with van der Waals surface area (Å²) in [5, 5.41) is 19.5. The molecule has 2 N–H and O–H groups in total. The number of hydrogen-bond acceptors (Lipinski definition) is 2. The number of aliphatic hydroxyl groups excluding tert-OH is 2. The van der Waals surface area contributed by atoms with Gasteiger partial charge in [0.1, 0.15) is 0 Å². The minimum absolute atomic E-state index is 0.0855. The van der Waals surface area contributed by atoms with Crippen molar-refractivity contribution in [2.24, 2.45) is 5.92 Å². The van der Waals surface area contributed by atoms with Gasteiger partial charge >= 0.3 is 0 Å². The fourth-order valence-electron chi connectivity index (χ4n) is 1.70. The van der Waals surface area contributed by atoms with Crippen LogP contribution in [-0.2, 0) is 0 Å². The highest BCUT2D eigenvalue weighted by Crippen LogP contribution is 2.25. The smallest absolute Gasteiger partial charge is 0.0816 e. The summed E-state index contributed by atoms with van der Waals surface area (Å²) in [5.41, 5.74) is 0.924. The molecule has 0 spiro atoms.